The highest BCUT2D eigenvalue weighted by atomic mass is 35.5. The molecule has 1 fully saturated rings. The number of nitrogens with zero attached hydrogens (tertiary/aromatic N) is 1. The van der Waals surface area contributed by atoms with Gasteiger partial charge in [0.1, 0.15) is 0 Å². The van der Waals surface area contributed by atoms with Crippen LogP contribution in [0.4, 0.5) is 16.2 Å². The van der Waals surface area contributed by atoms with Crippen LogP contribution in [-0.2, 0) is 21.8 Å². The minimum absolute atomic E-state index is 0.0444. The Labute approximate surface area is 181 Å². The lowest BCUT2D eigenvalue weighted by Gasteiger charge is -2.26. The third kappa shape index (κ3) is 6.18. The number of benzene rings is 1. The first-order valence-corrected chi connectivity index (χ1v) is 12.4. The van der Waals surface area contributed by atoms with Gasteiger partial charge in [-0.15, -0.1) is 11.3 Å². The second-order valence-electron chi connectivity index (χ2n) is 8.21. The van der Waals surface area contributed by atoms with Crippen molar-refractivity contribution in [2.45, 2.75) is 32.7 Å². The summed E-state index contributed by atoms with van der Waals surface area (Å²) in [7, 11) is -2.92. The van der Waals surface area contributed by atoms with Crippen LogP contribution in [0.3, 0.4) is 0 Å². The Morgan fingerprint density at radius 3 is 2.34 bits per heavy atom. The van der Waals surface area contributed by atoms with Gasteiger partial charge < -0.3 is 10.6 Å². The highest BCUT2D eigenvalue weighted by Gasteiger charge is 2.25. The van der Waals surface area contributed by atoms with E-state index in [0.29, 0.717) is 30.3 Å². The summed E-state index contributed by atoms with van der Waals surface area (Å²) in [4.78, 5) is 16.8. The van der Waals surface area contributed by atoms with Gasteiger partial charge in [0.15, 0.2) is 9.84 Å². The topological polar surface area (TPSA) is 78.5 Å². The van der Waals surface area contributed by atoms with Gasteiger partial charge in [-0.1, -0.05) is 32.4 Å². The zero-order valence-corrected chi connectivity index (χ0v) is 19.2. The SMILES string of the molecule is CC(C)(C)c1cc(NC(=O)Nc2ccc(Cl)cc2)c(CN2CCS(=O)(=O)CC2)s1. The quantitative estimate of drug-likeness (QED) is 0.707. The van der Waals surface area contributed by atoms with Gasteiger partial charge in [0.2, 0.25) is 0 Å². The summed E-state index contributed by atoms with van der Waals surface area (Å²) in [6.07, 6.45) is 0. The van der Waals surface area contributed by atoms with E-state index in [0.717, 1.165) is 10.6 Å². The standard InChI is InChI=1S/C20H26ClN3O3S2/c1-20(2,3)18-12-16(23-19(25)22-15-6-4-14(21)5-7-15)17(28-18)13-24-8-10-29(26,27)11-9-24/h4-7,12H,8-11,13H2,1-3H3,(H2,22,23,25). The van der Waals surface area contributed by atoms with E-state index < -0.39 is 9.84 Å². The fourth-order valence-electron chi connectivity index (χ4n) is 2.95. The van der Waals surface area contributed by atoms with Gasteiger partial charge in [0, 0.05) is 40.1 Å². The average molecular weight is 456 g/mol. The second-order valence-corrected chi connectivity index (χ2v) is 12.1. The molecule has 2 N–H and O–H groups in total. The van der Waals surface area contributed by atoms with Crippen molar-refractivity contribution in [1.29, 1.82) is 0 Å². The van der Waals surface area contributed by atoms with Crippen LogP contribution in [-0.4, -0.2) is 43.9 Å². The zero-order valence-electron chi connectivity index (χ0n) is 16.8. The summed E-state index contributed by atoms with van der Waals surface area (Å²) in [5.74, 6) is 0.370. The second kappa shape index (κ2) is 8.63. The fraction of sp³-hybridized carbons (Fsp3) is 0.450. The molecule has 6 nitrogen and oxygen atoms in total. The zero-order chi connectivity index (χ0) is 21.2. The van der Waals surface area contributed by atoms with Crippen LogP contribution >= 0.6 is 22.9 Å². The van der Waals surface area contributed by atoms with Crippen molar-refractivity contribution in [3.63, 3.8) is 0 Å². The number of sulfone groups is 1. The molecule has 2 amide bonds. The predicted molar refractivity (Wildman–Crippen MR) is 121 cm³/mol. The minimum atomic E-state index is -2.92. The summed E-state index contributed by atoms with van der Waals surface area (Å²) in [5, 5.41) is 6.37. The third-order valence-electron chi connectivity index (χ3n) is 4.70. The number of rotatable bonds is 4. The number of halogens is 1. The molecule has 0 atom stereocenters. The monoisotopic (exact) mass is 455 g/mol. The summed E-state index contributed by atoms with van der Waals surface area (Å²) in [5.41, 5.74) is 1.37. The molecule has 0 bridgehead atoms. The molecule has 0 spiro atoms. The van der Waals surface area contributed by atoms with Crippen molar-refractivity contribution < 1.29 is 13.2 Å². The minimum Gasteiger partial charge on any atom is -0.308 e. The van der Waals surface area contributed by atoms with Crippen LogP contribution in [0.2, 0.25) is 5.02 Å². The molecular formula is C20H26ClN3O3S2. The number of thiophene rings is 1. The highest BCUT2D eigenvalue weighted by molar-refractivity contribution is 7.91. The summed E-state index contributed by atoms with van der Waals surface area (Å²) in [6, 6.07) is 8.61. The molecule has 1 aromatic heterocycles. The third-order valence-corrected chi connectivity index (χ3v) is 8.11. The fourth-order valence-corrected chi connectivity index (χ4v) is 5.57. The van der Waals surface area contributed by atoms with Crippen molar-refractivity contribution in [3.8, 4) is 0 Å². The summed E-state index contributed by atoms with van der Waals surface area (Å²) >= 11 is 7.54. The van der Waals surface area contributed by atoms with Crippen LogP contribution in [0.5, 0.6) is 0 Å². The van der Waals surface area contributed by atoms with E-state index in [1.54, 1.807) is 35.6 Å². The summed E-state index contributed by atoms with van der Waals surface area (Å²) in [6.45, 7) is 8.05. The largest absolute Gasteiger partial charge is 0.323 e. The number of amides is 2. The predicted octanol–water partition coefficient (Wildman–Crippen LogP) is 4.57. The van der Waals surface area contributed by atoms with E-state index in [-0.39, 0.29) is 23.0 Å². The molecule has 0 radical (unpaired) electrons. The number of carbonyl (C=O) groups excluding carboxylic acids is 1. The van der Waals surface area contributed by atoms with Crippen LogP contribution in [0, 0.1) is 0 Å². The van der Waals surface area contributed by atoms with Crippen LogP contribution in [0.15, 0.2) is 30.3 Å². The molecule has 0 saturated carbocycles. The maximum atomic E-state index is 12.5. The van der Waals surface area contributed by atoms with Gasteiger partial charge in [-0.25, -0.2) is 13.2 Å². The van der Waals surface area contributed by atoms with Crippen molar-refractivity contribution in [1.82, 2.24) is 4.90 Å². The Bertz CT molecular complexity index is 965. The number of carbonyl (C=O) groups is 1. The maximum Gasteiger partial charge on any atom is 0.323 e. The van der Waals surface area contributed by atoms with Crippen LogP contribution < -0.4 is 10.6 Å². The van der Waals surface area contributed by atoms with Gasteiger partial charge in [-0.2, -0.15) is 0 Å². The first-order chi connectivity index (χ1) is 13.5. The van der Waals surface area contributed by atoms with Gasteiger partial charge in [-0.3, -0.25) is 4.90 Å². The van der Waals surface area contributed by atoms with Gasteiger partial charge in [-0.05, 0) is 35.7 Å². The first-order valence-electron chi connectivity index (χ1n) is 9.41. The van der Waals surface area contributed by atoms with Gasteiger partial charge in [0.25, 0.3) is 0 Å². The molecule has 158 valence electrons. The smallest absolute Gasteiger partial charge is 0.308 e. The van der Waals surface area contributed by atoms with Gasteiger partial charge in [0.05, 0.1) is 17.2 Å². The number of hydrogen-bond acceptors (Lipinski definition) is 5. The van der Waals surface area contributed by atoms with E-state index in [4.69, 9.17) is 11.6 Å². The van der Waals surface area contributed by atoms with Crippen molar-refractivity contribution in [2.75, 3.05) is 35.2 Å². The van der Waals surface area contributed by atoms with E-state index in [2.05, 4.69) is 36.3 Å². The number of urea groups is 1. The molecule has 1 aromatic carbocycles. The Kier molecular flexibility index (Phi) is 6.57. The number of hydrogen-bond donors (Lipinski definition) is 2. The molecule has 1 saturated heterocycles. The lowest BCUT2D eigenvalue weighted by molar-refractivity contribution is 0.262. The maximum absolute atomic E-state index is 12.5. The molecule has 2 aromatic rings. The molecule has 2 heterocycles. The molecule has 0 aliphatic carbocycles. The number of anilines is 2. The van der Waals surface area contributed by atoms with E-state index in [9.17, 15) is 13.2 Å². The normalized spacial score (nSPS) is 17.1. The van der Waals surface area contributed by atoms with Crippen LogP contribution in [0.1, 0.15) is 30.5 Å². The lowest BCUT2D eigenvalue weighted by atomic mass is 9.94. The average Bonchev–Trinajstić information content (AvgIpc) is 3.01. The molecule has 1 aliphatic heterocycles. The molecule has 3 rings (SSSR count). The molecule has 29 heavy (non-hydrogen) atoms. The Balaban J connectivity index is 1.74. The Morgan fingerprint density at radius 2 is 1.76 bits per heavy atom. The highest BCUT2D eigenvalue weighted by Crippen LogP contribution is 2.36. The van der Waals surface area contributed by atoms with Crippen molar-refractivity contribution >= 4 is 50.2 Å². The van der Waals surface area contributed by atoms with E-state index in [1.807, 2.05) is 6.07 Å². The summed E-state index contributed by atoms with van der Waals surface area (Å²) < 4.78 is 23.4. The van der Waals surface area contributed by atoms with E-state index >= 15 is 0 Å². The molecule has 1 aliphatic rings. The van der Waals surface area contributed by atoms with Gasteiger partial charge >= 0.3 is 6.03 Å². The number of nitrogens with one attached hydrogen (secondary N) is 2. The van der Waals surface area contributed by atoms with E-state index in [1.165, 1.54) is 4.88 Å². The van der Waals surface area contributed by atoms with Crippen molar-refractivity contribution in [3.05, 3.63) is 45.1 Å². The Hall–Kier alpha value is -1.61. The molecule has 0 unspecified atom stereocenters. The molecular weight excluding hydrogens is 430 g/mol. The molecule has 9 heteroatoms. The Morgan fingerprint density at radius 1 is 1.14 bits per heavy atom. The lowest BCUT2D eigenvalue weighted by Crippen LogP contribution is -2.39. The van der Waals surface area contributed by atoms with Crippen molar-refractivity contribution in [2.24, 2.45) is 0 Å². The van der Waals surface area contributed by atoms with Crippen LogP contribution in [0.25, 0.3) is 0 Å². The first kappa shape index (κ1) is 22.1.